The molecule has 7 heteroatoms. The Kier molecular flexibility index (Phi) is 6.24. The highest BCUT2D eigenvalue weighted by Crippen LogP contribution is 2.30. The van der Waals surface area contributed by atoms with E-state index in [0.29, 0.717) is 23.5 Å². The molecular formula is C16H23NO6. The van der Waals surface area contributed by atoms with Gasteiger partial charge in [0.1, 0.15) is 5.60 Å². The molecule has 23 heavy (non-hydrogen) atoms. The molecule has 0 bridgehead atoms. The van der Waals surface area contributed by atoms with Gasteiger partial charge in [-0.05, 0) is 44.9 Å². The maximum atomic E-state index is 11.6. The molecule has 0 aliphatic heterocycles. The topological polar surface area (TPSA) is 94.1 Å². The molecule has 1 rings (SSSR count). The van der Waals surface area contributed by atoms with Crippen LogP contribution in [0.3, 0.4) is 0 Å². The average Bonchev–Trinajstić information content (AvgIpc) is 2.44. The van der Waals surface area contributed by atoms with Crippen LogP contribution in [-0.4, -0.2) is 43.5 Å². The minimum atomic E-state index is -1.07. The fourth-order valence-electron chi connectivity index (χ4n) is 1.94. The van der Waals surface area contributed by atoms with Gasteiger partial charge < -0.3 is 24.6 Å². The smallest absolute Gasteiger partial charge is 0.407 e. The average molecular weight is 325 g/mol. The molecule has 0 saturated heterocycles. The Labute approximate surface area is 135 Å². The summed E-state index contributed by atoms with van der Waals surface area (Å²) in [5.74, 6) is -0.295. The molecular weight excluding hydrogens is 302 g/mol. The lowest BCUT2D eigenvalue weighted by atomic mass is 10.0. The van der Waals surface area contributed by atoms with Crippen molar-refractivity contribution in [1.29, 1.82) is 0 Å². The van der Waals surface area contributed by atoms with Gasteiger partial charge in [-0.25, -0.2) is 9.59 Å². The van der Waals surface area contributed by atoms with Crippen molar-refractivity contribution in [3.63, 3.8) is 0 Å². The van der Waals surface area contributed by atoms with Gasteiger partial charge >= 0.3 is 12.1 Å². The van der Waals surface area contributed by atoms with Crippen molar-refractivity contribution >= 4 is 12.1 Å². The molecule has 7 nitrogen and oxygen atoms in total. The van der Waals surface area contributed by atoms with E-state index >= 15 is 0 Å². The molecule has 2 N–H and O–H groups in total. The minimum absolute atomic E-state index is 0.105. The zero-order valence-corrected chi connectivity index (χ0v) is 14.1. The Hall–Kier alpha value is -2.44. The Bertz CT molecular complexity index is 577. The Balaban J connectivity index is 2.83. The largest absolute Gasteiger partial charge is 0.493 e. The highest BCUT2D eigenvalue weighted by atomic mass is 16.6. The summed E-state index contributed by atoms with van der Waals surface area (Å²) in [4.78, 5) is 23.0. The van der Waals surface area contributed by atoms with Crippen LogP contribution >= 0.6 is 0 Å². The minimum Gasteiger partial charge on any atom is -0.493 e. The van der Waals surface area contributed by atoms with Crippen LogP contribution in [0.15, 0.2) is 12.1 Å². The molecule has 0 heterocycles. The van der Waals surface area contributed by atoms with Crippen LogP contribution < -0.4 is 14.8 Å². The maximum absolute atomic E-state index is 11.6. The molecule has 0 saturated carbocycles. The maximum Gasteiger partial charge on any atom is 0.407 e. The number of carbonyl (C=O) groups excluding carboxylic acids is 1. The number of benzene rings is 1. The van der Waals surface area contributed by atoms with E-state index in [1.54, 1.807) is 26.8 Å². The summed E-state index contributed by atoms with van der Waals surface area (Å²) in [6.45, 7) is 5.54. The first-order valence-corrected chi connectivity index (χ1v) is 7.13. The van der Waals surface area contributed by atoms with E-state index in [0.717, 1.165) is 0 Å². The Morgan fingerprint density at radius 2 is 1.70 bits per heavy atom. The number of hydrogen-bond donors (Lipinski definition) is 2. The van der Waals surface area contributed by atoms with E-state index in [9.17, 15) is 14.7 Å². The van der Waals surface area contributed by atoms with Crippen LogP contribution in [0.25, 0.3) is 0 Å². The molecule has 1 amide bonds. The SMILES string of the molecule is COc1cc(CCNC(=O)OC(C)(C)C)c(C(=O)O)cc1OC. The molecule has 0 aromatic heterocycles. The highest BCUT2D eigenvalue weighted by molar-refractivity contribution is 5.90. The Morgan fingerprint density at radius 1 is 1.13 bits per heavy atom. The summed E-state index contributed by atoms with van der Waals surface area (Å²) in [7, 11) is 2.91. The predicted octanol–water partition coefficient (Wildman–Crippen LogP) is 2.47. The van der Waals surface area contributed by atoms with Crippen molar-refractivity contribution in [3.05, 3.63) is 23.3 Å². The lowest BCUT2D eigenvalue weighted by molar-refractivity contribution is 0.0528. The van der Waals surface area contributed by atoms with E-state index in [4.69, 9.17) is 14.2 Å². The number of ether oxygens (including phenoxy) is 3. The number of amides is 1. The van der Waals surface area contributed by atoms with E-state index in [-0.39, 0.29) is 12.1 Å². The molecule has 0 radical (unpaired) electrons. The molecule has 0 spiro atoms. The fourth-order valence-corrected chi connectivity index (χ4v) is 1.94. The monoisotopic (exact) mass is 325 g/mol. The van der Waals surface area contributed by atoms with Gasteiger partial charge in [-0.1, -0.05) is 0 Å². The molecule has 0 atom stereocenters. The summed E-state index contributed by atoms with van der Waals surface area (Å²) in [6, 6.07) is 3.00. The molecule has 0 aliphatic carbocycles. The van der Waals surface area contributed by atoms with Gasteiger partial charge in [0.05, 0.1) is 19.8 Å². The third-order valence-electron chi connectivity index (χ3n) is 2.90. The second-order valence-corrected chi connectivity index (χ2v) is 5.85. The number of carbonyl (C=O) groups is 2. The van der Waals surface area contributed by atoms with E-state index in [1.165, 1.54) is 20.3 Å². The molecule has 0 unspecified atom stereocenters. The van der Waals surface area contributed by atoms with Gasteiger partial charge in [0.2, 0.25) is 0 Å². The standard InChI is InChI=1S/C16H23NO6/c1-16(2,3)23-15(20)17-7-6-10-8-12(21-4)13(22-5)9-11(10)14(18)19/h8-9H,6-7H2,1-5H3,(H,17,20)(H,18,19). The van der Waals surface area contributed by atoms with Crippen molar-refractivity contribution in [3.8, 4) is 11.5 Å². The molecule has 1 aromatic carbocycles. The van der Waals surface area contributed by atoms with Crippen LogP contribution in [0, 0.1) is 0 Å². The molecule has 128 valence electrons. The second kappa shape index (κ2) is 7.71. The second-order valence-electron chi connectivity index (χ2n) is 5.85. The first kappa shape index (κ1) is 18.6. The quantitative estimate of drug-likeness (QED) is 0.834. The summed E-state index contributed by atoms with van der Waals surface area (Å²) in [5.41, 5.74) is 0.0551. The van der Waals surface area contributed by atoms with Gasteiger partial charge in [-0.15, -0.1) is 0 Å². The van der Waals surface area contributed by atoms with Crippen LogP contribution in [-0.2, 0) is 11.2 Å². The number of rotatable bonds is 6. The predicted molar refractivity (Wildman–Crippen MR) is 84.4 cm³/mol. The number of methoxy groups -OCH3 is 2. The van der Waals surface area contributed by atoms with Crippen LogP contribution in [0.2, 0.25) is 0 Å². The first-order chi connectivity index (χ1) is 10.7. The van der Waals surface area contributed by atoms with Crippen molar-refractivity contribution in [2.45, 2.75) is 32.8 Å². The third kappa shape index (κ3) is 5.69. The Morgan fingerprint density at radius 3 is 2.17 bits per heavy atom. The number of carboxylic acid groups (broad SMARTS) is 1. The van der Waals surface area contributed by atoms with Crippen LogP contribution in [0.1, 0.15) is 36.7 Å². The third-order valence-corrected chi connectivity index (χ3v) is 2.90. The van der Waals surface area contributed by atoms with Crippen molar-refractivity contribution in [2.24, 2.45) is 0 Å². The van der Waals surface area contributed by atoms with Crippen molar-refractivity contribution in [1.82, 2.24) is 5.32 Å². The van der Waals surface area contributed by atoms with Gasteiger partial charge in [0, 0.05) is 6.54 Å². The number of carboxylic acids is 1. The lowest BCUT2D eigenvalue weighted by Crippen LogP contribution is -2.33. The van der Waals surface area contributed by atoms with Gasteiger partial charge in [0.15, 0.2) is 11.5 Å². The fraction of sp³-hybridized carbons (Fsp3) is 0.500. The van der Waals surface area contributed by atoms with E-state index in [2.05, 4.69) is 5.32 Å². The van der Waals surface area contributed by atoms with Gasteiger partial charge in [0.25, 0.3) is 0 Å². The van der Waals surface area contributed by atoms with Crippen LogP contribution in [0.4, 0.5) is 4.79 Å². The summed E-state index contributed by atoms with van der Waals surface area (Å²) in [5, 5.41) is 11.9. The van der Waals surface area contributed by atoms with Crippen molar-refractivity contribution < 1.29 is 28.9 Å². The normalized spacial score (nSPS) is 10.8. The molecule has 0 aliphatic rings. The van der Waals surface area contributed by atoms with Crippen LogP contribution in [0.5, 0.6) is 11.5 Å². The summed E-state index contributed by atoms with van der Waals surface area (Å²) >= 11 is 0. The van der Waals surface area contributed by atoms with Gasteiger partial charge in [-0.2, -0.15) is 0 Å². The lowest BCUT2D eigenvalue weighted by Gasteiger charge is -2.19. The number of aromatic carboxylic acids is 1. The number of alkyl carbamates (subject to hydrolysis) is 1. The first-order valence-electron chi connectivity index (χ1n) is 7.13. The highest BCUT2D eigenvalue weighted by Gasteiger charge is 2.18. The summed E-state index contributed by atoms with van der Waals surface area (Å²) < 4.78 is 15.4. The van der Waals surface area contributed by atoms with E-state index < -0.39 is 17.7 Å². The van der Waals surface area contributed by atoms with Gasteiger partial charge in [-0.3, -0.25) is 0 Å². The number of hydrogen-bond acceptors (Lipinski definition) is 5. The summed E-state index contributed by atoms with van der Waals surface area (Å²) in [6.07, 6.45) is -0.226. The van der Waals surface area contributed by atoms with E-state index in [1.807, 2.05) is 0 Å². The zero-order valence-electron chi connectivity index (χ0n) is 14.1. The molecule has 1 aromatic rings. The molecule has 0 fully saturated rings. The number of nitrogens with one attached hydrogen (secondary N) is 1. The van der Waals surface area contributed by atoms with Crippen molar-refractivity contribution in [2.75, 3.05) is 20.8 Å². The zero-order chi connectivity index (χ0) is 17.6.